The Labute approximate surface area is 158 Å². The second-order valence-electron chi connectivity index (χ2n) is 5.87. The molecule has 0 saturated carbocycles. The van der Waals surface area contributed by atoms with Gasteiger partial charge in [0.2, 0.25) is 5.91 Å². The molecular weight excluding hydrogens is 393 g/mol. The maximum Gasteiger partial charge on any atom is 0.321 e. The van der Waals surface area contributed by atoms with Crippen LogP contribution in [0.2, 0.25) is 0 Å². The average Bonchev–Trinajstić information content (AvgIpc) is 2.83. The summed E-state index contributed by atoms with van der Waals surface area (Å²) >= 11 is 10.8. The van der Waals surface area contributed by atoms with E-state index in [1.165, 1.54) is 19.2 Å². The molecule has 144 valence electrons. The highest BCUT2D eigenvalue weighted by Gasteiger charge is 2.58. The number of hydrogen-bond acceptors (Lipinski definition) is 8. The molecule has 0 radical (unpaired) electrons. The normalized spacial score (nSPS) is 31.2. The van der Waals surface area contributed by atoms with Crippen LogP contribution in [0.3, 0.4) is 0 Å². The van der Waals surface area contributed by atoms with Gasteiger partial charge in [0.25, 0.3) is 0 Å². The number of amides is 1. The fourth-order valence-electron chi connectivity index (χ4n) is 2.70. The van der Waals surface area contributed by atoms with Crippen LogP contribution in [-0.2, 0) is 33.4 Å². The van der Waals surface area contributed by atoms with Gasteiger partial charge in [-0.3, -0.25) is 24.1 Å². The van der Waals surface area contributed by atoms with Crippen molar-refractivity contribution in [1.82, 2.24) is 4.90 Å². The van der Waals surface area contributed by atoms with Crippen LogP contribution in [0.25, 0.3) is 0 Å². The maximum absolute atomic E-state index is 12.1. The van der Waals surface area contributed by atoms with Crippen molar-refractivity contribution in [2.24, 2.45) is 0 Å². The SMILES string of the molecule is C[C@]1(O)[C@H](OC(=O)CCl)[C@@H](COC(=O)CCl)O[C@H]1N1C=CC(=O)CC1=O. The molecule has 0 aromatic heterocycles. The van der Waals surface area contributed by atoms with Gasteiger partial charge in [0, 0.05) is 6.20 Å². The molecule has 1 saturated heterocycles. The minimum Gasteiger partial charge on any atom is -0.462 e. The predicted molar refractivity (Wildman–Crippen MR) is 87.2 cm³/mol. The van der Waals surface area contributed by atoms with Gasteiger partial charge < -0.3 is 19.3 Å². The molecule has 2 aliphatic rings. The molecule has 2 heterocycles. The van der Waals surface area contributed by atoms with Crippen LogP contribution in [0.15, 0.2) is 12.3 Å². The van der Waals surface area contributed by atoms with E-state index in [2.05, 4.69) is 0 Å². The molecule has 0 unspecified atom stereocenters. The van der Waals surface area contributed by atoms with Crippen molar-refractivity contribution in [1.29, 1.82) is 0 Å². The number of alkyl halides is 2. The Hall–Kier alpha value is -1.68. The van der Waals surface area contributed by atoms with E-state index in [-0.39, 0.29) is 18.8 Å². The summed E-state index contributed by atoms with van der Waals surface area (Å²) in [6.45, 7) is 0.924. The fourth-order valence-corrected chi connectivity index (χ4v) is 2.84. The molecule has 26 heavy (non-hydrogen) atoms. The predicted octanol–water partition coefficient (Wildman–Crippen LogP) is -0.290. The lowest BCUT2D eigenvalue weighted by Gasteiger charge is -2.35. The first-order valence-electron chi connectivity index (χ1n) is 7.57. The number of carbonyl (C=O) groups excluding carboxylic acids is 4. The van der Waals surface area contributed by atoms with Crippen molar-refractivity contribution in [2.75, 3.05) is 18.4 Å². The lowest BCUT2D eigenvalue weighted by molar-refractivity contribution is -0.165. The smallest absolute Gasteiger partial charge is 0.321 e. The molecule has 9 nitrogen and oxygen atoms in total. The van der Waals surface area contributed by atoms with Crippen LogP contribution >= 0.6 is 23.2 Å². The van der Waals surface area contributed by atoms with Gasteiger partial charge >= 0.3 is 11.9 Å². The van der Waals surface area contributed by atoms with Gasteiger partial charge in [-0.25, -0.2) is 0 Å². The number of aliphatic hydroxyl groups is 1. The van der Waals surface area contributed by atoms with E-state index in [9.17, 15) is 24.3 Å². The second kappa shape index (κ2) is 8.34. The van der Waals surface area contributed by atoms with Crippen molar-refractivity contribution < 1.29 is 38.5 Å². The molecule has 2 aliphatic heterocycles. The summed E-state index contributed by atoms with van der Waals surface area (Å²) in [6.07, 6.45) is -1.66. The summed E-state index contributed by atoms with van der Waals surface area (Å²) in [5.41, 5.74) is -1.86. The first-order chi connectivity index (χ1) is 12.2. The van der Waals surface area contributed by atoms with Crippen molar-refractivity contribution in [3.8, 4) is 0 Å². The number of carbonyl (C=O) groups is 4. The van der Waals surface area contributed by atoms with Crippen LogP contribution in [0.5, 0.6) is 0 Å². The first-order valence-corrected chi connectivity index (χ1v) is 8.64. The topological polar surface area (TPSA) is 119 Å². The average molecular weight is 410 g/mol. The molecule has 0 aromatic carbocycles. The molecule has 11 heteroatoms. The lowest BCUT2D eigenvalue weighted by Crippen LogP contribution is -2.55. The summed E-state index contributed by atoms with van der Waals surface area (Å²) in [5.74, 6) is -3.41. The van der Waals surface area contributed by atoms with Gasteiger partial charge in [-0.05, 0) is 13.0 Å². The Kier molecular flexibility index (Phi) is 6.62. The highest BCUT2D eigenvalue weighted by Crippen LogP contribution is 2.36. The minimum absolute atomic E-state index is 0.372. The molecule has 0 aliphatic carbocycles. The van der Waals surface area contributed by atoms with Crippen LogP contribution in [-0.4, -0.2) is 76.0 Å². The molecule has 1 N–H and O–H groups in total. The number of ether oxygens (including phenoxy) is 3. The largest absolute Gasteiger partial charge is 0.462 e. The van der Waals surface area contributed by atoms with Crippen LogP contribution in [0.4, 0.5) is 0 Å². The molecule has 0 bridgehead atoms. The van der Waals surface area contributed by atoms with Crippen molar-refractivity contribution in [3.05, 3.63) is 12.3 Å². The zero-order valence-electron chi connectivity index (χ0n) is 13.7. The summed E-state index contributed by atoms with van der Waals surface area (Å²) < 4.78 is 15.6. The van der Waals surface area contributed by atoms with Gasteiger partial charge in [0.05, 0.1) is 6.42 Å². The second-order valence-corrected chi connectivity index (χ2v) is 6.41. The monoisotopic (exact) mass is 409 g/mol. The minimum atomic E-state index is -1.86. The van der Waals surface area contributed by atoms with Crippen LogP contribution in [0, 0.1) is 0 Å². The summed E-state index contributed by atoms with van der Waals surface area (Å²) in [7, 11) is 0. The Morgan fingerprint density at radius 2 is 2.00 bits per heavy atom. The van der Waals surface area contributed by atoms with Gasteiger partial charge in [-0.1, -0.05) is 0 Å². The van der Waals surface area contributed by atoms with Gasteiger partial charge in [0.15, 0.2) is 18.1 Å². The van der Waals surface area contributed by atoms with Crippen molar-refractivity contribution in [3.63, 3.8) is 0 Å². The molecule has 4 atom stereocenters. The van der Waals surface area contributed by atoms with E-state index in [0.29, 0.717) is 0 Å². The Morgan fingerprint density at radius 3 is 2.58 bits per heavy atom. The summed E-state index contributed by atoms with van der Waals surface area (Å²) in [5, 5.41) is 10.9. The van der Waals surface area contributed by atoms with E-state index < -0.39 is 53.6 Å². The van der Waals surface area contributed by atoms with Gasteiger partial charge in [0.1, 0.15) is 30.1 Å². The van der Waals surface area contributed by atoms with E-state index in [1.807, 2.05) is 0 Å². The maximum atomic E-state index is 12.1. The third kappa shape index (κ3) is 4.35. The Balaban J connectivity index is 2.25. The number of halogens is 2. The highest BCUT2D eigenvalue weighted by molar-refractivity contribution is 6.26. The molecule has 0 aromatic rings. The van der Waals surface area contributed by atoms with Gasteiger partial charge in [-0.15, -0.1) is 23.2 Å². The van der Waals surface area contributed by atoms with Crippen molar-refractivity contribution >= 4 is 46.8 Å². The highest BCUT2D eigenvalue weighted by atomic mass is 35.5. The third-order valence-corrected chi connectivity index (χ3v) is 4.33. The zero-order chi connectivity index (χ0) is 19.5. The number of allylic oxidation sites excluding steroid dienone is 1. The van der Waals surface area contributed by atoms with E-state index in [0.717, 1.165) is 4.90 Å². The molecule has 1 amide bonds. The fraction of sp³-hybridized carbons (Fsp3) is 0.600. The Morgan fingerprint density at radius 1 is 1.35 bits per heavy atom. The standard InChI is InChI=1S/C15H17Cl2NO8/c1-15(23)13(26-12(22)6-17)9(7-24-11(21)5-16)25-14(15)18-3-2-8(19)4-10(18)20/h2-3,9,13-14,23H,4-7H2,1H3/t9-,13-,14-,15+/m1/s1. The number of hydrogen-bond donors (Lipinski definition) is 1. The lowest BCUT2D eigenvalue weighted by atomic mass is 9.95. The molecular formula is C15H17Cl2NO8. The van der Waals surface area contributed by atoms with E-state index in [4.69, 9.17) is 37.4 Å². The summed E-state index contributed by atoms with van der Waals surface area (Å²) in [4.78, 5) is 47.3. The quantitative estimate of drug-likeness (QED) is 0.361. The zero-order valence-corrected chi connectivity index (χ0v) is 15.2. The first kappa shape index (κ1) is 20.6. The van der Waals surface area contributed by atoms with E-state index in [1.54, 1.807) is 0 Å². The number of esters is 2. The number of nitrogens with zero attached hydrogens (tertiary/aromatic N) is 1. The molecule has 2 rings (SSSR count). The van der Waals surface area contributed by atoms with Crippen molar-refractivity contribution in [2.45, 2.75) is 37.4 Å². The molecule has 1 fully saturated rings. The van der Waals surface area contributed by atoms with Crippen LogP contribution < -0.4 is 0 Å². The van der Waals surface area contributed by atoms with Crippen LogP contribution in [0.1, 0.15) is 13.3 Å². The van der Waals surface area contributed by atoms with Gasteiger partial charge in [-0.2, -0.15) is 0 Å². The number of rotatable bonds is 6. The van der Waals surface area contributed by atoms with E-state index >= 15 is 0 Å². The molecule has 0 spiro atoms. The number of ketones is 1. The summed E-state index contributed by atoms with van der Waals surface area (Å²) in [6, 6.07) is 0. The Bertz CT molecular complexity index is 635. The third-order valence-electron chi connectivity index (χ3n) is 3.89.